The van der Waals surface area contributed by atoms with Crippen molar-refractivity contribution in [2.24, 2.45) is 5.73 Å². The van der Waals surface area contributed by atoms with Gasteiger partial charge in [0.1, 0.15) is 25.1 Å². The highest BCUT2D eigenvalue weighted by Crippen LogP contribution is 2.58. The Labute approximate surface area is 144 Å². The van der Waals surface area contributed by atoms with E-state index in [2.05, 4.69) is 20.3 Å². The first kappa shape index (κ1) is 17.0. The fraction of sp³-hybridized carbons (Fsp3) is 0.583. The van der Waals surface area contributed by atoms with E-state index in [1.165, 1.54) is 12.7 Å². The third-order valence-corrected chi connectivity index (χ3v) is 5.14. The maximum absolute atomic E-state index is 10.6. The SMILES string of the molecule is [B][P+]1(O)OC[C@H]2O[C@@H](n3cnc4c(NCCN)ncnc43)[C@@H](O)[C@H]2O1. The van der Waals surface area contributed by atoms with Crippen molar-refractivity contribution in [1.82, 2.24) is 19.5 Å². The van der Waals surface area contributed by atoms with Gasteiger partial charge in [0.25, 0.3) is 0 Å². The van der Waals surface area contributed by atoms with Crippen LogP contribution >= 0.6 is 7.82 Å². The number of hydrogen-bond donors (Lipinski definition) is 4. The van der Waals surface area contributed by atoms with E-state index >= 15 is 0 Å². The number of aromatic nitrogens is 4. The summed E-state index contributed by atoms with van der Waals surface area (Å²) in [6.07, 6.45) is -0.342. The van der Waals surface area contributed by atoms with E-state index in [-0.39, 0.29) is 6.61 Å². The van der Waals surface area contributed by atoms with Crippen LogP contribution in [0.2, 0.25) is 0 Å². The fourth-order valence-electron chi connectivity index (χ4n) is 2.96. The van der Waals surface area contributed by atoms with Gasteiger partial charge < -0.3 is 20.9 Å². The molecule has 2 aliphatic heterocycles. The standard InChI is InChI=1S/C12H17BN6O5P/c13-25(21)22-3-6-9(24-25)8(20)12(23-6)19-5-18-7-10(15-2-1-14)16-4-17-11(7)19/h4-6,8-9,12,20-21H,1-3,14H2,(H,15,16,17)/q+1/t6-,8+,9+,12-,25?/m1/s1. The Morgan fingerprint density at radius 3 is 3.08 bits per heavy atom. The highest BCUT2D eigenvalue weighted by molar-refractivity contribution is 7.85. The van der Waals surface area contributed by atoms with Crippen LogP contribution in [0.4, 0.5) is 5.82 Å². The molecule has 0 aromatic carbocycles. The maximum atomic E-state index is 10.6. The molecular formula is C12H17BN6O5P+. The van der Waals surface area contributed by atoms with Crippen molar-refractivity contribution in [1.29, 1.82) is 0 Å². The Bertz CT molecular complexity index is 778. The van der Waals surface area contributed by atoms with Gasteiger partial charge in [-0.25, -0.2) is 19.8 Å². The molecule has 2 aromatic heterocycles. The predicted octanol–water partition coefficient (Wildman–Crippen LogP) is -1.29. The van der Waals surface area contributed by atoms with Gasteiger partial charge in [-0.15, -0.1) is 0 Å². The quantitative estimate of drug-likeness (QED) is 0.380. The lowest BCUT2D eigenvalue weighted by atomic mass is 10.1. The van der Waals surface area contributed by atoms with Gasteiger partial charge in [-0.1, -0.05) is 0 Å². The van der Waals surface area contributed by atoms with Crippen molar-refractivity contribution in [3.63, 3.8) is 0 Å². The van der Waals surface area contributed by atoms with Crippen molar-refractivity contribution in [3.8, 4) is 0 Å². The topological polar surface area (TPSA) is 150 Å². The van der Waals surface area contributed by atoms with Crippen LogP contribution in [0.1, 0.15) is 6.23 Å². The normalized spacial score (nSPS) is 35.0. The predicted molar refractivity (Wildman–Crippen MR) is 88.5 cm³/mol. The molecule has 1 unspecified atom stereocenters. The molecule has 0 aliphatic carbocycles. The minimum Gasteiger partial charge on any atom is -0.385 e. The Kier molecular flexibility index (Phi) is 4.36. The average molecular weight is 367 g/mol. The number of imidazole rings is 1. The molecule has 0 amide bonds. The summed E-state index contributed by atoms with van der Waals surface area (Å²) in [5, 5.41) is 13.6. The second-order valence-electron chi connectivity index (χ2n) is 5.75. The van der Waals surface area contributed by atoms with Crippen LogP contribution in [0.3, 0.4) is 0 Å². The molecule has 2 fully saturated rings. The van der Waals surface area contributed by atoms with Crippen molar-refractivity contribution in [2.45, 2.75) is 24.5 Å². The van der Waals surface area contributed by atoms with Gasteiger partial charge in [0.05, 0.1) is 6.33 Å². The Morgan fingerprint density at radius 1 is 1.44 bits per heavy atom. The number of aliphatic hydroxyl groups excluding tert-OH is 1. The molecule has 2 aliphatic rings. The number of fused-ring (bicyclic) bond motifs is 2. The van der Waals surface area contributed by atoms with Gasteiger partial charge in [-0.05, 0) is 0 Å². The maximum Gasteiger partial charge on any atom is 0.488 e. The van der Waals surface area contributed by atoms with Crippen LogP contribution in [-0.2, 0) is 13.8 Å². The van der Waals surface area contributed by atoms with E-state index in [9.17, 15) is 10.00 Å². The monoisotopic (exact) mass is 367 g/mol. The summed E-state index contributed by atoms with van der Waals surface area (Å²) in [5.41, 5.74) is 6.51. The number of anilines is 1. The molecule has 0 bridgehead atoms. The van der Waals surface area contributed by atoms with E-state index in [1.54, 1.807) is 4.57 Å². The van der Waals surface area contributed by atoms with Crippen LogP contribution in [0, 0.1) is 0 Å². The molecule has 0 saturated carbocycles. The highest BCUT2D eigenvalue weighted by atomic mass is 31.2. The van der Waals surface area contributed by atoms with Crippen molar-refractivity contribution >= 4 is 32.4 Å². The van der Waals surface area contributed by atoms with Crippen LogP contribution < -0.4 is 11.1 Å². The summed E-state index contributed by atoms with van der Waals surface area (Å²) in [6.45, 7) is 1.02. The number of rotatable bonds is 4. The average Bonchev–Trinajstić information content (AvgIpc) is 3.14. The summed E-state index contributed by atoms with van der Waals surface area (Å²) in [5.74, 6) is 0.543. The number of nitrogens with one attached hydrogen (secondary N) is 1. The lowest BCUT2D eigenvalue weighted by Crippen LogP contribution is -2.40. The lowest BCUT2D eigenvalue weighted by molar-refractivity contribution is -0.0603. The second kappa shape index (κ2) is 6.40. The third kappa shape index (κ3) is 3.00. The Morgan fingerprint density at radius 2 is 2.28 bits per heavy atom. The summed E-state index contributed by atoms with van der Waals surface area (Å²) >= 11 is 0. The third-order valence-electron chi connectivity index (χ3n) is 4.08. The van der Waals surface area contributed by atoms with Gasteiger partial charge in [0.2, 0.25) is 0 Å². The molecule has 25 heavy (non-hydrogen) atoms. The highest BCUT2D eigenvalue weighted by Gasteiger charge is 2.56. The van der Waals surface area contributed by atoms with Crippen LogP contribution in [0.25, 0.3) is 11.2 Å². The van der Waals surface area contributed by atoms with E-state index in [1.807, 2.05) is 0 Å². The molecular weight excluding hydrogens is 350 g/mol. The molecule has 5 atom stereocenters. The van der Waals surface area contributed by atoms with Crippen LogP contribution in [0.15, 0.2) is 12.7 Å². The zero-order valence-corrected chi connectivity index (χ0v) is 14.0. The summed E-state index contributed by atoms with van der Waals surface area (Å²) in [7, 11) is 2.09. The Balaban J connectivity index is 1.64. The largest absolute Gasteiger partial charge is 0.488 e. The smallest absolute Gasteiger partial charge is 0.385 e. The molecule has 2 saturated heterocycles. The first-order valence-electron chi connectivity index (χ1n) is 7.68. The van der Waals surface area contributed by atoms with Gasteiger partial charge >= 0.3 is 15.4 Å². The minimum atomic E-state index is -3.43. The molecule has 11 nitrogen and oxygen atoms in total. The van der Waals surface area contributed by atoms with E-state index in [0.717, 1.165) is 0 Å². The molecule has 4 heterocycles. The lowest BCUT2D eigenvalue weighted by Gasteiger charge is -2.27. The molecule has 5 N–H and O–H groups in total. The first-order valence-corrected chi connectivity index (χ1v) is 9.33. The molecule has 13 heteroatoms. The van der Waals surface area contributed by atoms with Crippen molar-refractivity contribution in [2.75, 3.05) is 25.0 Å². The number of hydrogen-bond acceptors (Lipinski definition) is 10. The zero-order valence-electron chi connectivity index (χ0n) is 13.1. The van der Waals surface area contributed by atoms with Gasteiger partial charge in [-0.3, -0.25) is 4.57 Å². The second-order valence-corrected chi connectivity index (χ2v) is 7.34. The van der Waals surface area contributed by atoms with Crippen LogP contribution in [0.5, 0.6) is 0 Å². The number of ether oxygens (including phenoxy) is 1. The minimum absolute atomic E-state index is 0.0317. The Hall–Kier alpha value is -1.40. The number of nitrogens with two attached hydrogens (primary N) is 1. The fourth-order valence-corrected chi connectivity index (χ4v) is 3.99. The van der Waals surface area contributed by atoms with E-state index in [0.29, 0.717) is 30.1 Å². The number of aliphatic hydroxyl groups is 1. The van der Waals surface area contributed by atoms with Crippen LogP contribution in [-0.4, -0.2) is 75.1 Å². The molecule has 0 spiro atoms. The van der Waals surface area contributed by atoms with Gasteiger partial charge in [0.15, 0.2) is 29.3 Å². The summed E-state index contributed by atoms with van der Waals surface area (Å²) in [4.78, 5) is 22.4. The molecule has 2 aromatic rings. The van der Waals surface area contributed by atoms with E-state index < -0.39 is 32.4 Å². The van der Waals surface area contributed by atoms with E-state index in [4.69, 9.17) is 27.1 Å². The first-order chi connectivity index (χ1) is 12.0. The molecule has 2 radical (unpaired) electrons. The summed E-state index contributed by atoms with van der Waals surface area (Å²) in [6, 6.07) is 0. The zero-order chi connectivity index (χ0) is 17.6. The van der Waals surface area contributed by atoms with Gasteiger partial charge in [0, 0.05) is 13.1 Å². The molecule has 4 rings (SSSR count). The van der Waals surface area contributed by atoms with Crippen molar-refractivity contribution < 1.29 is 23.8 Å². The van der Waals surface area contributed by atoms with Gasteiger partial charge in [-0.2, -0.15) is 9.05 Å². The summed E-state index contributed by atoms with van der Waals surface area (Å²) < 4.78 is 17.7. The number of nitrogens with zero attached hydrogens (tertiary/aromatic N) is 4. The molecule has 132 valence electrons. The van der Waals surface area contributed by atoms with Crippen molar-refractivity contribution in [3.05, 3.63) is 12.7 Å².